The Labute approximate surface area is 128 Å². The van der Waals surface area contributed by atoms with Crippen LogP contribution in [0, 0.1) is 6.92 Å². The number of aryl methyl sites for hydroxylation is 1. The van der Waals surface area contributed by atoms with Crippen molar-refractivity contribution in [3.8, 4) is 16.9 Å². The second-order valence-corrected chi connectivity index (χ2v) is 5.29. The van der Waals surface area contributed by atoms with Gasteiger partial charge in [0.25, 0.3) is 0 Å². The molecule has 0 heterocycles. The minimum Gasteiger partial charge on any atom is -0.494 e. The van der Waals surface area contributed by atoms with Gasteiger partial charge in [0, 0.05) is 6.54 Å². The van der Waals surface area contributed by atoms with Gasteiger partial charge in [0.1, 0.15) is 5.75 Å². The maximum Gasteiger partial charge on any atom is 0.119 e. The quantitative estimate of drug-likeness (QED) is 0.752. The van der Waals surface area contributed by atoms with Crippen molar-refractivity contribution < 1.29 is 4.74 Å². The summed E-state index contributed by atoms with van der Waals surface area (Å²) < 4.78 is 5.61. The molecule has 1 N–H and O–H groups in total. The zero-order valence-corrected chi connectivity index (χ0v) is 13.3. The van der Waals surface area contributed by atoms with E-state index in [-0.39, 0.29) is 0 Å². The van der Waals surface area contributed by atoms with Crippen LogP contribution in [0.5, 0.6) is 5.75 Å². The molecule has 21 heavy (non-hydrogen) atoms. The number of rotatable bonds is 7. The lowest BCUT2D eigenvalue weighted by Crippen LogP contribution is -2.13. The van der Waals surface area contributed by atoms with Gasteiger partial charge < -0.3 is 10.1 Å². The summed E-state index contributed by atoms with van der Waals surface area (Å²) in [6, 6.07) is 15.0. The van der Waals surface area contributed by atoms with Crippen LogP contribution in [0.1, 0.15) is 31.4 Å². The van der Waals surface area contributed by atoms with Crippen LogP contribution in [0.2, 0.25) is 0 Å². The minimum atomic E-state index is 0.698. The predicted molar refractivity (Wildman–Crippen MR) is 89.8 cm³/mol. The highest BCUT2D eigenvalue weighted by atomic mass is 16.5. The first-order chi connectivity index (χ1) is 10.2. The van der Waals surface area contributed by atoms with Gasteiger partial charge in [-0.3, -0.25) is 0 Å². The first-order valence-electron chi connectivity index (χ1n) is 7.78. The maximum atomic E-state index is 5.61. The molecule has 0 radical (unpaired) electrons. The van der Waals surface area contributed by atoms with Crippen LogP contribution in [-0.2, 0) is 6.54 Å². The zero-order valence-electron chi connectivity index (χ0n) is 13.3. The van der Waals surface area contributed by atoms with Crippen LogP contribution in [0.4, 0.5) is 0 Å². The number of ether oxygens (including phenoxy) is 1. The standard InChI is InChI=1S/C19H25NO/c1-4-11-20-14-16-10-9-15(3)19(12-16)17-7-6-8-18(13-17)21-5-2/h6-10,12-13,20H,4-5,11,14H2,1-3H3. The Kier molecular flexibility index (Phi) is 5.82. The highest BCUT2D eigenvalue weighted by Gasteiger charge is 2.05. The molecular formula is C19H25NO. The molecule has 2 aromatic carbocycles. The summed E-state index contributed by atoms with van der Waals surface area (Å²) in [7, 11) is 0. The first-order valence-corrected chi connectivity index (χ1v) is 7.78. The molecule has 0 aliphatic heterocycles. The van der Waals surface area contributed by atoms with Crippen molar-refractivity contribution in [1.29, 1.82) is 0 Å². The summed E-state index contributed by atoms with van der Waals surface area (Å²) in [6.45, 7) is 9.04. The lowest BCUT2D eigenvalue weighted by molar-refractivity contribution is 0.340. The molecule has 2 aromatic rings. The van der Waals surface area contributed by atoms with Crippen molar-refractivity contribution in [2.45, 2.75) is 33.7 Å². The summed E-state index contributed by atoms with van der Waals surface area (Å²) in [5.41, 5.74) is 5.12. The molecule has 0 saturated heterocycles. The van der Waals surface area contributed by atoms with E-state index in [1.54, 1.807) is 0 Å². The molecular weight excluding hydrogens is 258 g/mol. The molecule has 2 nitrogen and oxygen atoms in total. The van der Waals surface area contributed by atoms with Gasteiger partial charge in [-0.1, -0.05) is 31.2 Å². The molecule has 0 spiro atoms. The van der Waals surface area contributed by atoms with Gasteiger partial charge in [0.05, 0.1) is 6.61 Å². The highest BCUT2D eigenvalue weighted by molar-refractivity contribution is 5.69. The van der Waals surface area contributed by atoms with E-state index in [0.29, 0.717) is 6.61 Å². The summed E-state index contributed by atoms with van der Waals surface area (Å²) in [6.07, 6.45) is 1.16. The summed E-state index contributed by atoms with van der Waals surface area (Å²) in [4.78, 5) is 0. The van der Waals surface area contributed by atoms with Crippen LogP contribution >= 0.6 is 0 Å². The van der Waals surface area contributed by atoms with Gasteiger partial charge in [-0.15, -0.1) is 0 Å². The van der Waals surface area contributed by atoms with Crippen LogP contribution in [-0.4, -0.2) is 13.2 Å². The zero-order chi connectivity index (χ0) is 15.1. The van der Waals surface area contributed by atoms with Crippen LogP contribution < -0.4 is 10.1 Å². The molecule has 0 unspecified atom stereocenters. The SMILES string of the molecule is CCCNCc1ccc(C)c(-c2cccc(OCC)c2)c1. The van der Waals surface area contributed by atoms with E-state index in [2.05, 4.69) is 55.6 Å². The topological polar surface area (TPSA) is 21.3 Å². The molecule has 0 amide bonds. The van der Waals surface area contributed by atoms with Crippen LogP contribution in [0.25, 0.3) is 11.1 Å². The second kappa shape index (κ2) is 7.84. The molecule has 0 fully saturated rings. The fourth-order valence-corrected chi connectivity index (χ4v) is 2.42. The number of hydrogen-bond donors (Lipinski definition) is 1. The van der Waals surface area contributed by atoms with Crippen molar-refractivity contribution >= 4 is 0 Å². The molecule has 0 aromatic heterocycles. The van der Waals surface area contributed by atoms with Gasteiger partial charge in [-0.25, -0.2) is 0 Å². The monoisotopic (exact) mass is 283 g/mol. The lowest BCUT2D eigenvalue weighted by Gasteiger charge is -2.11. The third-order valence-electron chi connectivity index (χ3n) is 3.51. The van der Waals surface area contributed by atoms with Gasteiger partial charge in [0.2, 0.25) is 0 Å². The summed E-state index contributed by atoms with van der Waals surface area (Å²) >= 11 is 0. The van der Waals surface area contributed by atoms with Crippen LogP contribution in [0.3, 0.4) is 0 Å². The predicted octanol–water partition coefficient (Wildman–Crippen LogP) is 4.56. The van der Waals surface area contributed by atoms with E-state index in [9.17, 15) is 0 Å². The molecule has 0 aliphatic carbocycles. The first kappa shape index (κ1) is 15.6. The average Bonchev–Trinajstić information content (AvgIpc) is 2.50. The summed E-state index contributed by atoms with van der Waals surface area (Å²) in [5, 5.41) is 3.46. The van der Waals surface area contributed by atoms with Crippen molar-refractivity contribution in [2.24, 2.45) is 0 Å². The van der Waals surface area contributed by atoms with E-state index >= 15 is 0 Å². The van der Waals surface area contributed by atoms with E-state index in [4.69, 9.17) is 4.74 Å². The second-order valence-electron chi connectivity index (χ2n) is 5.29. The molecule has 112 valence electrons. The Morgan fingerprint density at radius 3 is 2.67 bits per heavy atom. The van der Waals surface area contributed by atoms with Gasteiger partial charge in [-0.05, 0) is 67.3 Å². The van der Waals surface area contributed by atoms with E-state index in [1.807, 2.05) is 13.0 Å². The Bertz CT molecular complexity index is 578. The molecule has 2 heteroatoms. The fraction of sp³-hybridized carbons (Fsp3) is 0.368. The molecule has 0 saturated carbocycles. The Morgan fingerprint density at radius 2 is 1.90 bits per heavy atom. The normalized spacial score (nSPS) is 10.6. The lowest BCUT2D eigenvalue weighted by atomic mass is 9.98. The molecule has 0 bridgehead atoms. The third-order valence-corrected chi connectivity index (χ3v) is 3.51. The minimum absolute atomic E-state index is 0.698. The van der Waals surface area contributed by atoms with E-state index < -0.39 is 0 Å². The van der Waals surface area contributed by atoms with Crippen molar-refractivity contribution in [3.63, 3.8) is 0 Å². The summed E-state index contributed by atoms with van der Waals surface area (Å²) in [5.74, 6) is 0.934. The molecule has 2 rings (SSSR count). The smallest absolute Gasteiger partial charge is 0.119 e. The third kappa shape index (κ3) is 4.33. The number of benzene rings is 2. The number of nitrogens with one attached hydrogen (secondary N) is 1. The largest absolute Gasteiger partial charge is 0.494 e. The van der Waals surface area contributed by atoms with Crippen molar-refractivity contribution in [3.05, 3.63) is 53.6 Å². The Hall–Kier alpha value is -1.80. The van der Waals surface area contributed by atoms with Gasteiger partial charge in [0.15, 0.2) is 0 Å². The maximum absolute atomic E-state index is 5.61. The van der Waals surface area contributed by atoms with E-state index in [0.717, 1.165) is 25.3 Å². The molecule has 0 atom stereocenters. The van der Waals surface area contributed by atoms with Crippen LogP contribution in [0.15, 0.2) is 42.5 Å². The van der Waals surface area contributed by atoms with Crippen molar-refractivity contribution in [2.75, 3.05) is 13.2 Å². The highest BCUT2D eigenvalue weighted by Crippen LogP contribution is 2.27. The van der Waals surface area contributed by atoms with Gasteiger partial charge in [-0.2, -0.15) is 0 Å². The van der Waals surface area contributed by atoms with E-state index in [1.165, 1.54) is 22.3 Å². The average molecular weight is 283 g/mol. The Balaban J connectivity index is 2.25. The van der Waals surface area contributed by atoms with Gasteiger partial charge >= 0.3 is 0 Å². The molecule has 0 aliphatic rings. The fourth-order valence-electron chi connectivity index (χ4n) is 2.42. The number of hydrogen-bond acceptors (Lipinski definition) is 2. The Morgan fingerprint density at radius 1 is 1.05 bits per heavy atom. The van der Waals surface area contributed by atoms with Crippen molar-refractivity contribution in [1.82, 2.24) is 5.32 Å².